The van der Waals surface area contributed by atoms with E-state index >= 15 is 0 Å². The lowest BCUT2D eigenvalue weighted by atomic mass is 9.95. The fourth-order valence-corrected chi connectivity index (χ4v) is 6.82. The van der Waals surface area contributed by atoms with Gasteiger partial charge < -0.3 is 19.1 Å². The molecule has 10 nitrogen and oxygen atoms in total. The van der Waals surface area contributed by atoms with Crippen molar-refractivity contribution in [1.82, 2.24) is 4.57 Å². The van der Waals surface area contributed by atoms with E-state index in [-0.39, 0.29) is 56.9 Å². The number of benzene rings is 3. The van der Waals surface area contributed by atoms with Gasteiger partial charge in [-0.15, -0.1) is 0 Å². The van der Waals surface area contributed by atoms with Gasteiger partial charge in [-0.3, -0.25) is 19.0 Å². The monoisotopic (exact) mass is 641 g/mol. The minimum absolute atomic E-state index is 0.0980. The van der Waals surface area contributed by atoms with Gasteiger partial charge in [0.1, 0.15) is 10.3 Å². The van der Waals surface area contributed by atoms with Crippen LogP contribution < -0.4 is 29.3 Å². The van der Waals surface area contributed by atoms with Gasteiger partial charge >= 0.3 is 11.9 Å². The molecule has 0 aliphatic carbocycles. The Morgan fingerprint density at radius 3 is 2.46 bits per heavy atom. The van der Waals surface area contributed by atoms with Gasteiger partial charge in [0.2, 0.25) is 0 Å². The molecule has 0 N–H and O–H groups in total. The summed E-state index contributed by atoms with van der Waals surface area (Å²) < 4.78 is 31.2. The number of nitrogens with zero attached hydrogens (tertiary/aromatic N) is 3. The average molecular weight is 642 g/mol. The van der Waals surface area contributed by atoms with Crippen LogP contribution >= 0.6 is 11.3 Å². The average Bonchev–Trinajstić information content (AvgIpc) is 3.49. The normalized spacial score (nSPS) is 16.5. The fourth-order valence-electron chi connectivity index (χ4n) is 5.68. The summed E-state index contributed by atoms with van der Waals surface area (Å²) in [5, 5.41) is 0. The molecule has 0 saturated carbocycles. The highest BCUT2D eigenvalue weighted by Gasteiger charge is 2.37. The number of carbonyl (C=O) groups is 3. The van der Waals surface area contributed by atoms with E-state index < -0.39 is 23.5 Å². The van der Waals surface area contributed by atoms with E-state index in [1.807, 2.05) is 0 Å². The molecule has 12 heteroatoms. The van der Waals surface area contributed by atoms with Crippen LogP contribution in [0.4, 0.5) is 10.1 Å². The second-order valence-corrected chi connectivity index (χ2v) is 11.5. The zero-order valence-corrected chi connectivity index (χ0v) is 26.1. The molecule has 6 rings (SSSR count). The standard InChI is InChI=1S/C34H28FN3O7S/c1-5-44-33(42)27-18(2)36-34-38(29(27)21-12-15-25(45-19(3)39)26(16-21)43-4)32(41)30(46-34)28-23-8-6-7-9-24(23)37(31(28)40)17-20-10-13-22(35)14-11-20/h6-16,29H,5,17H2,1-4H3. The molecule has 1 atom stereocenters. The Balaban J connectivity index is 1.56. The number of ether oxygens (including phenoxy) is 3. The molecular formula is C34H28FN3O7S. The predicted octanol–water partition coefficient (Wildman–Crippen LogP) is 3.79. The number of hydrogen-bond acceptors (Lipinski definition) is 9. The number of anilines is 1. The van der Waals surface area contributed by atoms with Crippen LogP contribution in [0.15, 0.2) is 87.8 Å². The first kappa shape index (κ1) is 30.7. The van der Waals surface area contributed by atoms with E-state index in [2.05, 4.69) is 4.99 Å². The van der Waals surface area contributed by atoms with Gasteiger partial charge in [0.25, 0.3) is 11.5 Å². The number of allylic oxidation sites excluding steroid dienone is 1. The molecule has 0 fully saturated rings. The Kier molecular flexibility index (Phi) is 8.13. The maximum absolute atomic E-state index is 14.4. The molecule has 0 saturated heterocycles. The number of fused-ring (bicyclic) bond motifs is 2. The van der Waals surface area contributed by atoms with Crippen molar-refractivity contribution >= 4 is 40.4 Å². The first-order chi connectivity index (χ1) is 22.1. The van der Waals surface area contributed by atoms with Crippen molar-refractivity contribution < 1.29 is 33.0 Å². The van der Waals surface area contributed by atoms with Crippen LogP contribution in [0, 0.1) is 5.82 Å². The van der Waals surface area contributed by atoms with Crippen molar-refractivity contribution in [3.05, 3.63) is 120 Å². The van der Waals surface area contributed by atoms with Crippen LogP contribution in [-0.4, -0.2) is 36.1 Å². The number of halogens is 1. The Morgan fingerprint density at radius 2 is 1.76 bits per heavy atom. The summed E-state index contributed by atoms with van der Waals surface area (Å²) in [4.78, 5) is 60.0. The Hall–Kier alpha value is -5.36. The first-order valence-corrected chi connectivity index (χ1v) is 15.2. The second-order valence-electron chi connectivity index (χ2n) is 10.5. The maximum atomic E-state index is 14.4. The number of rotatable bonds is 7. The lowest BCUT2D eigenvalue weighted by molar-refractivity contribution is -0.139. The summed E-state index contributed by atoms with van der Waals surface area (Å²) in [7, 11) is 1.41. The van der Waals surface area contributed by atoms with Crippen molar-refractivity contribution in [3.8, 4) is 11.5 Å². The van der Waals surface area contributed by atoms with E-state index in [0.29, 0.717) is 28.1 Å². The molecular weight excluding hydrogens is 613 g/mol. The van der Waals surface area contributed by atoms with E-state index in [1.165, 1.54) is 36.8 Å². The molecule has 0 radical (unpaired) electrons. The molecule has 0 spiro atoms. The molecule has 0 bridgehead atoms. The highest BCUT2D eigenvalue weighted by atomic mass is 32.1. The molecule has 2 aliphatic heterocycles. The number of carbonyl (C=O) groups excluding carboxylic acids is 3. The van der Waals surface area contributed by atoms with Gasteiger partial charge in [-0.1, -0.05) is 47.7 Å². The van der Waals surface area contributed by atoms with E-state index in [4.69, 9.17) is 14.2 Å². The summed E-state index contributed by atoms with van der Waals surface area (Å²) in [6, 6.07) is 16.8. The predicted molar refractivity (Wildman–Crippen MR) is 168 cm³/mol. The second kappa shape index (κ2) is 12.2. The highest BCUT2D eigenvalue weighted by Crippen LogP contribution is 2.38. The maximum Gasteiger partial charge on any atom is 0.338 e. The molecule has 234 valence electrons. The highest BCUT2D eigenvalue weighted by molar-refractivity contribution is 7.07. The molecule has 3 aromatic carbocycles. The van der Waals surface area contributed by atoms with E-state index in [0.717, 1.165) is 11.3 Å². The number of methoxy groups -OCH3 is 1. The number of hydrogen-bond donors (Lipinski definition) is 0. The third-order valence-electron chi connectivity index (χ3n) is 7.65. The first-order valence-electron chi connectivity index (χ1n) is 14.4. The zero-order valence-electron chi connectivity index (χ0n) is 25.3. The molecule has 2 aliphatic rings. The Morgan fingerprint density at radius 1 is 1.02 bits per heavy atom. The Bertz CT molecular complexity index is 2130. The molecule has 1 aromatic heterocycles. The summed E-state index contributed by atoms with van der Waals surface area (Å²) in [6.07, 6.45) is 0. The van der Waals surface area contributed by atoms with Crippen molar-refractivity contribution in [1.29, 1.82) is 0 Å². The zero-order chi connectivity index (χ0) is 32.7. The van der Waals surface area contributed by atoms with Crippen LogP contribution in [-0.2, 0) is 25.7 Å². The van der Waals surface area contributed by atoms with Gasteiger partial charge in [-0.2, -0.15) is 0 Å². The minimum atomic E-state index is -0.994. The number of para-hydroxylation sites is 1. The molecule has 1 amide bonds. The lowest BCUT2D eigenvalue weighted by Gasteiger charge is -2.25. The third-order valence-corrected chi connectivity index (χ3v) is 8.71. The van der Waals surface area contributed by atoms with Crippen LogP contribution in [0.25, 0.3) is 5.57 Å². The van der Waals surface area contributed by atoms with Gasteiger partial charge in [0.05, 0.1) is 48.8 Å². The topological polar surface area (TPSA) is 117 Å². The Labute approximate surface area is 266 Å². The number of aromatic nitrogens is 1. The summed E-state index contributed by atoms with van der Waals surface area (Å²) in [5.74, 6) is -1.58. The quantitative estimate of drug-likeness (QED) is 0.223. The largest absolute Gasteiger partial charge is 0.493 e. The fraction of sp³-hybridized carbons (Fsp3) is 0.206. The van der Waals surface area contributed by atoms with Crippen molar-refractivity contribution in [2.45, 2.75) is 33.4 Å². The summed E-state index contributed by atoms with van der Waals surface area (Å²) >= 11 is 1.05. The van der Waals surface area contributed by atoms with E-state index in [9.17, 15) is 23.6 Å². The smallest absolute Gasteiger partial charge is 0.338 e. The summed E-state index contributed by atoms with van der Waals surface area (Å²) in [6.45, 7) is 4.87. The number of thiazole rings is 1. The SMILES string of the molecule is CCOC(=O)C1=C(C)N=c2sc(=C3C(=O)N(Cc4ccc(F)cc4)c4ccccc43)c(=O)n2C1c1ccc(OC(C)=O)c(OC)c1. The van der Waals surface area contributed by atoms with Gasteiger partial charge in [0, 0.05) is 12.5 Å². The van der Waals surface area contributed by atoms with Crippen LogP contribution in [0.2, 0.25) is 0 Å². The number of esters is 2. The number of amides is 1. The molecule has 46 heavy (non-hydrogen) atoms. The van der Waals surface area contributed by atoms with Crippen molar-refractivity contribution in [3.63, 3.8) is 0 Å². The van der Waals surface area contributed by atoms with Gasteiger partial charge in [-0.05, 0) is 55.3 Å². The van der Waals surface area contributed by atoms with Crippen LogP contribution in [0.3, 0.4) is 0 Å². The van der Waals surface area contributed by atoms with Gasteiger partial charge in [0.15, 0.2) is 16.3 Å². The summed E-state index contributed by atoms with van der Waals surface area (Å²) in [5.41, 5.74) is 2.56. The van der Waals surface area contributed by atoms with Crippen molar-refractivity contribution in [2.24, 2.45) is 4.99 Å². The van der Waals surface area contributed by atoms with Crippen LogP contribution in [0.5, 0.6) is 11.5 Å². The van der Waals surface area contributed by atoms with Crippen molar-refractivity contribution in [2.75, 3.05) is 18.6 Å². The van der Waals surface area contributed by atoms with Crippen LogP contribution in [0.1, 0.15) is 43.5 Å². The lowest BCUT2D eigenvalue weighted by Crippen LogP contribution is -2.41. The molecule has 3 heterocycles. The third kappa shape index (κ3) is 5.30. The molecule has 1 unspecified atom stereocenters. The van der Waals surface area contributed by atoms with E-state index in [1.54, 1.807) is 67.3 Å². The minimum Gasteiger partial charge on any atom is -0.493 e. The molecule has 4 aromatic rings. The van der Waals surface area contributed by atoms with Gasteiger partial charge in [-0.25, -0.2) is 14.2 Å².